The summed E-state index contributed by atoms with van der Waals surface area (Å²) in [6.07, 6.45) is 3.06. The molecular weight excluding hydrogens is 264 g/mol. The monoisotopic (exact) mass is 274 g/mol. The van der Waals surface area contributed by atoms with Gasteiger partial charge in [-0.05, 0) is 29.7 Å². The van der Waals surface area contributed by atoms with Crippen molar-refractivity contribution in [2.75, 3.05) is 5.32 Å². The van der Waals surface area contributed by atoms with Crippen LogP contribution in [0.2, 0.25) is 0 Å². The zero-order chi connectivity index (χ0) is 13.7. The number of thiophene rings is 1. The van der Waals surface area contributed by atoms with Crippen LogP contribution in [0.25, 0.3) is 6.08 Å². The quantitative estimate of drug-likeness (QED) is 0.839. The van der Waals surface area contributed by atoms with E-state index in [0.717, 1.165) is 4.88 Å². The van der Waals surface area contributed by atoms with E-state index >= 15 is 0 Å². The van der Waals surface area contributed by atoms with Gasteiger partial charge in [-0.2, -0.15) is 0 Å². The summed E-state index contributed by atoms with van der Waals surface area (Å²) in [6, 6.07) is 8.19. The molecule has 0 aliphatic heterocycles. The first kappa shape index (κ1) is 13.0. The average molecular weight is 274 g/mol. The summed E-state index contributed by atoms with van der Waals surface area (Å²) in [5, 5.41) is 13.2. The number of pyridine rings is 1. The summed E-state index contributed by atoms with van der Waals surface area (Å²) in [5.41, 5.74) is -0.111. The minimum atomic E-state index is -1.13. The number of carboxylic acids is 1. The second kappa shape index (κ2) is 5.92. The molecule has 0 spiro atoms. The van der Waals surface area contributed by atoms with E-state index in [9.17, 15) is 9.59 Å². The first-order valence-corrected chi connectivity index (χ1v) is 6.26. The summed E-state index contributed by atoms with van der Waals surface area (Å²) >= 11 is 1.52. The minimum Gasteiger partial charge on any atom is -0.477 e. The number of hydrogen-bond donors (Lipinski definition) is 2. The third-order valence-corrected chi connectivity index (χ3v) is 3.00. The van der Waals surface area contributed by atoms with Gasteiger partial charge in [-0.1, -0.05) is 12.1 Å². The molecule has 0 fully saturated rings. The maximum absolute atomic E-state index is 11.6. The van der Waals surface area contributed by atoms with E-state index < -0.39 is 5.97 Å². The van der Waals surface area contributed by atoms with Crippen molar-refractivity contribution >= 4 is 35.1 Å². The predicted octanol–water partition coefficient (Wildman–Crippen LogP) is 2.49. The number of anilines is 1. The standard InChI is InChI=1S/C13H10N2O3S/c16-12(7-6-9-3-2-8-19-9)15-11-5-1-4-10(14-11)13(17)18/h1-8H,(H,17,18)(H,14,15,16)/b7-6+. The first-order chi connectivity index (χ1) is 9.15. The number of nitrogens with zero attached hydrogens (tertiary/aromatic N) is 1. The van der Waals surface area contributed by atoms with E-state index in [4.69, 9.17) is 5.11 Å². The van der Waals surface area contributed by atoms with Gasteiger partial charge in [0, 0.05) is 11.0 Å². The van der Waals surface area contributed by atoms with E-state index in [-0.39, 0.29) is 17.4 Å². The van der Waals surface area contributed by atoms with Crippen LogP contribution in [-0.4, -0.2) is 22.0 Å². The predicted molar refractivity (Wildman–Crippen MR) is 73.2 cm³/mol. The van der Waals surface area contributed by atoms with Crippen molar-refractivity contribution in [1.82, 2.24) is 4.98 Å². The smallest absolute Gasteiger partial charge is 0.354 e. The molecule has 5 nitrogen and oxygen atoms in total. The highest BCUT2D eigenvalue weighted by atomic mass is 32.1. The van der Waals surface area contributed by atoms with E-state index in [1.807, 2.05) is 17.5 Å². The number of carboxylic acid groups (broad SMARTS) is 1. The summed E-state index contributed by atoms with van der Waals surface area (Å²) in [7, 11) is 0. The molecule has 0 radical (unpaired) electrons. The topological polar surface area (TPSA) is 79.3 Å². The van der Waals surface area contributed by atoms with Gasteiger partial charge in [0.2, 0.25) is 5.91 Å². The molecule has 19 heavy (non-hydrogen) atoms. The number of carbonyl (C=O) groups is 2. The molecule has 2 heterocycles. The molecule has 2 N–H and O–H groups in total. The van der Waals surface area contributed by atoms with Crippen molar-refractivity contribution in [3.63, 3.8) is 0 Å². The lowest BCUT2D eigenvalue weighted by Crippen LogP contribution is -2.11. The molecule has 2 aromatic heterocycles. The molecule has 0 bridgehead atoms. The van der Waals surface area contributed by atoms with Crippen LogP contribution in [-0.2, 0) is 4.79 Å². The minimum absolute atomic E-state index is 0.111. The van der Waals surface area contributed by atoms with E-state index in [1.165, 1.54) is 35.6 Å². The highest BCUT2D eigenvalue weighted by Crippen LogP contribution is 2.10. The van der Waals surface area contributed by atoms with Gasteiger partial charge in [-0.3, -0.25) is 4.79 Å². The Morgan fingerprint density at radius 2 is 2.11 bits per heavy atom. The number of aromatic carboxylic acids is 1. The molecule has 0 saturated heterocycles. The Labute approximate surface area is 113 Å². The van der Waals surface area contributed by atoms with Crippen molar-refractivity contribution in [1.29, 1.82) is 0 Å². The van der Waals surface area contributed by atoms with E-state index in [0.29, 0.717) is 0 Å². The van der Waals surface area contributed by atoms with Gasteiger partial charge in [0.25, 0.3) is 0 Å². The molecule has 2 aromatic rings. The number of nitrogens with one attached hydrogen (secondary N) is 1. The van der Waals surface area contributed by atoms with Gasteiger partial charge < -0.3 is 10.4 Å². The molecule has 0 aliphatic carbocycles. The Kier molecular flexibility index (Phi) is 4.04. The third kappa shape index (κ3) is 3.75. The second-order valence-electron chi connectivity index (χ2n) is 3.55. The summed E-state index contributed by atoms with van der Waals surface area (Å²) in [6.45, 7) is 0. The molecule has 96 valence electrons. The Hall–Kier alpha value is -2.47. The van der Waals surface area contributed by atoms with Crippen LogP contribution < -0.4 is 5.32 Å². The average Bonchev–Trinajstić information content (AvgIpc) is 2.90. The Morgan fingerprint density at radius 3 is 2.79 bits per heavy atom. The van der Waals surface area contributed by atoms with Gasteiger partial charge in [0.15, 0.2) is 5.69 Å². The van der Waals surface area contributed by atoms with Crippen molar-refractivity contribution in [2.45, 2.75) is 0 Å². The molecular formula is C13H10N2O3S. The Morgan fingerprint density at radius 1 is 1.26 bits per heavy atom. The maximum atomic E-state index is 11.6. The molecule has 0 unspecified atom stereocenters. The zero-order valence-electron chi connectivity index (χ0n) is 9.74. The van der Waals surface area contributed by atoms with Gasteiger partial charge in [-0.25, -0.2) is 9.78 Å². The highest BCUT2D eigenvalue weighted by Gasteiger charge is 2.06. The van der Waals surface area contributed by atoms with Crippen LogP contribution in [0, 0.1) is 0 Å². The zero-order valence-corrected chi connectivity index (χ0v) is 10.6. The highest BCUT2D eigenvalue weighted by molar-refractivity contribution is 7.10. The van der Waals surface area contributed by atoms with Crippen LogP contribution in [0.5, 0.6) is 0 Å². The fraction of sp³-hybridized carbons (Fsp3) is 0. The van der Waals surface area contributed by atoms with Crippen LogP contribution in [0.1, 0.15) is 15.4 Å². The summed E-state index contributed by atoms with van der Waals surface area (Å²) in [5.74, 6) is -1.28. The SMILES string of the molecule is O=C(/C=C/c1cccs1)Nc1cccc(C(=O)O)n1. The lowest BCUT2D eigenvalue weighted by Gasteiger charge is -2.01. The van der Waals surface area contributed by atoms with Crippen molar-refractivity contribution in [2.24, 2.45) is 0 Å². The van der Waals surface area contributed by atoms with Crippen LogP contribution >= 0.6 is 11.3 Å². The normalized spacial score (nSPS) is 10.5. The van der Waals surface area contributed by atoms with Gasteiger partial charge in [0.05, 0.1) is 0 Å². The maximum Gasteiger partial charge on any atom is 0.354 e. The third-order valence-electron chi connectivity index (χ3n) is 2.16. The number of rotatable bonds is 4. The molecule has 1 amide bonds. The van der Waals surface area contributed by atoms with Crippen molar-refractivity contribution in [3.8, 4) is 0 Å². The van der Waals surface area contributed by atoms with Crippen LogP contribution in [0.15, 0.2) is 41.8 Å². The largest absolute Gasteiger partial charge is 0.477 e. The molecule has 6 heteroatoms. The van der Waals surface area contributed by atoms with E-state index in [1.54, 1.807) is 6.08 Å². The van der Waals surface area contributed by atoms with Crippen LogP contribution in [0.3, 0.4) is 0 Å². The molecule has 0 atom stereocenters. The van der Waals surface area contributed by atoms with Gasteiger partial charge in [-0.15, -0.1) is 11.3 Å². The number of aromatic nitrogens is 1. The van der Waals surface area contributed by atoms with Crippen molar-refractivity contribution in [3.05, 3.63) is 52.4 Å². The molecule has 2 rings (SSSR count). The number of hydrogen-bond acceptors (Lipinski definition) is 4. The summed E-state index contributed by atoms with van der Waals surface area (Å²) in [4.78, 5) is 27.1. The molecule has 0 aromatic carbocycles. The fourth-order valence-corrected chi connectivity index (χ4v) is 1.95. The lowest BCUT2D eigenvalue weighted by molar-refractivity contribution is -0.111. The van der Waals surface area contributed by atoms with Crippen LogP contribution in [0.4, 0.5) is 5.82 Å². The molecule has 0 saturated carbocycles. The van der Waals surface area contributed by atoms with E-state index in [2.05, 4.69) is 10.3 Å². The second-order valence-corrected chi connectivity index (χ2v) is 4.53. The van der Waals surface area contributed by atoms with Gasteiger partial charge in [0.1, 0.15) is 5.82 Å². The molecule has 0 aliphatic rings. The van der Waals surface area contributed by atoms with Crippen molar-refractivity contribution < 1.29 is 14.7 Å². The Balaban J connectivity index is 2.03. The first-order valence-electron chi connectivity index (χ1n) is 5.38. The number of carbonyl (C=O) groups excluding carboxylic acids is 1. The lowest BCUT2D eigenvalue weighted by atomic mass is 10.3. The van der Waals surface area contributed by atoms with Gasteiger partial charge >= 0.3 is 5.97 Å². The fourth-order valence-electron chi connectivity index (χ4n) is 1.34. The number of amides is 1. The Bertz CT molecular complexity index is 621. The summed E-state index contributed by atoms with van der Waals surface area (Å²) < 4.78 is 0.